The van der Waals surface area contributed by atoms with Crippen molar-refractivity contribution in [2.75, 3.05) is 7.11 Å². The molecule has 4 heteroatoms. The number of para-hydroxylation sites is 1. The molecule has 78 valence electrons. The van der Waals surface area contributed by atoms with Crippen LogP contribution in [0.1, 0.15) is 0 Å². The molecule has 4 nitrogen and oxygen atoms in total. The maximum atomic E-state index is 9.88. The molecule has 1 aromatic heterocycles. The minimum absolute atomic E-state index is 0.124. The van der Waals surface area contributed by atoms with E-state index in [1.165, 1.54) is 7.11 Å². The van der Waals surface area contributed by atoms with E-state index in [1.807, 2.05) is 25.4 Å². The van der Waals surface area contributed by atoms with Crippen molar-refractivity contribution in [3.05, 3.63) is 30.5 Å². The van der Waals surface area contributed by atoms with Gasteiger partial charge in [-0.05, 0) is 18.2 Å². The summed E-state index contributed by atoms with van der Waals surface area (Å²) in [5.41, 5.74) is 1.41. The minimum Gasteiger partial charge on any atom is -0.504 e. The molecule has 0 radical (unpaired) electrons. The molecule has 1 aromatic carbocycles. The molecule has 0 unspecified atom stereocenters. The van der Waals surface area contributed by atoms with Crippen LogP contribution in [-0.2, 0) is 7.05 Å². The molecule has 0 saturated heterocycles. The van der Waals surface area contributed by atoms with Crippen LogP contribution in [0, 0.1) is 0 Å². The van der Waals surface area contributed by atoms with E-state index in [-0.39, 0.29) is 5.75 Å². The lowest BCUT2D eigenvalue weighted by Crippen LogP contribution is -1.89. The summed E-state index contributed by atoms with van der Waals surface area (Å²) in [7, 11) is 3.36. The normalized spacial score (nSPS) is 10.3. The average Bonchev–Trinajstić information content (AvgIpc) is 2.65. The first-order valence-electron chi connectivity index (χ1n) is 4.58. The van der Waals surface area contributed by atoms with E-state index in [0.717, 1.165) is 5.69 Å². The second-order valence-electron chi connectivity index (χ2n) is 3.23. The summed E-state index contributed by atoms with van der Waals surface area (Å²) >= 11 is 0. The highest BCUT2D eigenvalue weighted by Crippen LogP contribution is 2.35. The SMILES string of the molecule is COc1cccc(-c2ccn(C)n2)c1O. The molecule has 0 aliphatic heterocycles. The van der Waals surface area contributed by atoms with Crippen LogP contribution in [0.4, 0.5) is 0 Å². The Morgan fingerprint density at radius 2 is 2.13 bits per heavy atom. The first-order valence-corrected chi connectivity index (χ1v) is 4.58. The molecule has 2 rings (SSSR count). The zero-order valence-electron chi connectivity index (χ0n) is 8.64. The highest BCUT2D eigenvalue weighted by molar-refractivity contribution is 5.70. The predicted octanol–water partition coefficient (Wildman–Crippen LogP) is 1.80. The number of aromatic nitrogens is 2. The molecule has 0 aliphatic carbocycles. The van der Waals surface area contributed by atoms with Crippen LogP contribution < -0.4 is 4.74 Å². The third-order valence-electron chi connectivity index (χ3n) is 2.21. The van der Waals surface area contributed by atoms with Gasteiger partial charge in [-0.2, -0.15) is 5.10 Å². The van der Waals surface area contributed by atoms with Crippen LogP contribution in [0.3, 0.4) is 0 Å². The standard InChI is InChI=1S/C11H12N2O2/c1-13-7-6-9(12-13)8-4-3-5-10(15-2)11(8)14/h3-7,14H,1-2H3. The summed E-state index contributed by atoms with van der Waals surface area (Å²) in [5.74, 6) is 0.580. The van der Waals surface area contributed by atoms with E-state index < -0.39 is 0 Å². The lowest BCUT2D eigenvalue weighted by molar-refractivity contribution is 0.374. The fraction of sp³-hybridized carbons (Fsp3) is 0.182. The van der Waals surface area contributed by atoms with Gasteiger partial charge in [-0.25, -0.2) is 0 Å². The number of aryl methyl sites for hydroxylation is 1. The summed E-state index contributed by atoms with van der Waals surface area (Å²) in [6.45, 7) is 0. The highest BCUT2D eigenvalue weighted by atomic mass is 16.5. The van der Waals surface area contributed by atoms with E-state index in [2.05, 4.69) is 5.10 Å². The van der Waals surface area contributed by atoms with Crippen molar-refractivity contribution in [3.8, 4) is 22.8 Å². The Balaban J connectivity index is 2.53. The van der Waals surface area contributed by atoms with Gasteiger partial charge in [0.1, 0.15) is 0 Å². The van der Waals surface area contributed by atoms with Gasteiger partial charge in [0.25, 0.3) is 0 Å². The Kier molecular flexibility index (Phi) is 2.33. The predicted molar refractivity (Wildman–Crippen MR) is 56.9 cm³/mol. The molecule has 0 fully saturated rings. The van der Waals surface area contributed by atoms with Crippen molar-refractivity contribution in [1.29, 1.82) is 0 Å². The maximum Gasteiger partial charge on any atom is 0.167 e. The van der Waals surface area contributed by atoms with Gasteiger partial charge in [0.15, 0.2) is 11.5 Å². The number of benzene rings is 1. The maximum absolute atomic E-state index is 9.88. The fourth-order valence-corrected chi connectivity index (χ4v) is 1.45. The van der Waals surface area contributed by atoms with Gasteiger partial charge in [-0.1, -0.05) is 6.07 Å². The Hall–Kier alpha value is -1.97. The van der Waals surface area contributed by atoms with Crippen LogP contribution in [0.25, 0.3) is 11.3 Å². The van der Waals surface area contributed by atoms with E-state index in [1.54, 1.807) is 16.8 Å². The molecule has 1 heterocycles. The minimum atomic E-state index is 0.124. The Bertz CT molecular complexity index is 477. The number of methoxy groups -OCH3 is 1. The monoisotopic (exact) mass is 204 g/mol. The number of aromatic hydroxyl groups is 1. The molecule has 15 heavy (non-hydrogen) atoms. The third-order valence-corrected chi connectivity index (χ3v) is 2.21. The molecule has 2 aromatic rings. The summed E-state index contributed by atoms with van der Waals surface area (Å²) < 4.78 is 6.72. The number of phenolic OH excluding ortho intramolecular Hbond substituents is 1. The third kappa shape index (κ3) is 1.66. The van der Waals surface area contributed by atoms with Gasteiger partial charge in [0, 0.05) is 18.8 Å². The van der Waals surface area contributed by atoms with Gasteiger partial charge in [-0.15, -0.1) is 0 Å². The van der Waals surface area contributed by atoms with Gasteiger partial charge in [-0.3, -0.25) is 4.68 Å². The zero-order chi connectivity index (χ0) is 10.8. The van der Waals surface area contributed by atoms with Crippen molar-refractivity contribution in [2.45, 2.75) is 0 Å². The Morgan fingerprint density at radius 1 is 1.33 bits per heavy atom. The summed E-state index contributed by atoms with van der Waals surface area (Å²) in [6, 6.07) is 7.18. The van der Waals surface area contributed by atoms with Crippen LogP contribution in [-0.4, -0.2) is 22.0 Å². The van der Waals surface area contributed by atoms with E-state index in [4.69, 9.17) is 4.74 Å². The first kappa shape index (κ1) is 9.58. The number of phenols is 1. The van der Waals surface area contributed by atoms with Crippen molar-refractivity contribution in [2.24, 2.45) is 7.05 Å². The topological polar surface area (TPSA) is 47.3 Å². The average molecular weight is 204 g/mol. The van der Waals surface area contributed by atoms with Gasteiger partial charge in [0.2, 0.25) is 0 Å². The van der Waals surface area contributed by atoms with Crippen molar-refractivity contribution >= 4 is 0 Å². The van der Waals surface area contributed by atoms with Crippen LogP contribution in [0.5, 0.6) is 11.5 Å². The van der Waals surface area contributed by atoms with Crippen molar-refractivity contribution in [3.63, 3.8) is 0 Å². The highest BCUT2D eigenvalue weighted by Gasteiger charge is 2.10. The van der Waals surface area contributed by atoms with Crippen LogP contribution >= 0.6 is 0 Å². The lowest BCUT2D eigenvalue weighted by atomic mass is 10.1. The number of hydrogen-bond acceptors (Lipinski definition) is 3. The number of nitrogens with zero attached hydrogens (tertiary/aromatic N) is 2. The molecule has 0 amide bonds. The Labute approximate surface area is 87.7 Å². The zero-order valence-corrected chi connectivity index (χ0v) is 8.64. The fourth-order valence-electron chi connectivity index (χ4n) is 1.45. The van der Waals surface area contributed by atoms with Crippen LogP contribution in [0.2, 0.25) is 0 Å². The summed E-state index contributed by atoms with van der Waals surface area (Å²) in [6.07, 6.45) is 1.83. The second kappa shape index (κ2) is 3.65. The molecule has 0 atom stereocenters. The van der Waals surface area contributed by atoms with Crippen molar-refractivity contribution in [1.82, 2.24) is 9.78 Å². The van der Waals surface area contributed by atoms with Gasteiger partial charge < -0.3 is 9.84 Å². The van der Waals surface area contributed by atoms with E-state index in [9.17, 15) is 5.11 Å². The first-order chi connectivity index (χ1) is 7.22. The van der Waals surface area contributed by atoms with Gasteiger partial charge >= 0.3 is 0 Å². The quantitative estimate of drug-likeness (QED) is 0.811. The molecule has 0 saturated carbocycles. The van der Waals surface area contributed by atoms with Crippen molar-refractivity contribution < 1.29 is 9.84 Å². The number of rotatable bonds is 2. The van der Waals surface area contributed by atoms with Gasteiger partial charge in [0.05, 0.1) is 12.8 Å². The molecule has 0 bridgehead atoms. The summed E-state index contributed by atoms with van der Waals surface area (Å²) in [5, 5.41) is 14.1. The molecule has 1 N–H and O–H groups in total. The van der Waals surface area contributed by atoms with E-state index in [0.29, 0.717) is 11.3 Å². The molecular formula is C11H12N2O2. The molecule has 0 spiro atoms. The number of ether oxygens (including phenoxy) is 1. The summed E-state index contributed by atoms with van der Waals surface area (Å²) in [4.78, 5) is 0. The smallest absolute Gasteiger partial charge is 0.167 e. The lowest BCUT2D eigenvalue weighted by Gasteiger charge is -2.06. The Morgan fingerprint density at radius 3 is 2.73 bits per heavy atom. The van der Waals surface area contributed by atoms with E-state index >= 15 is 0 Å². The number of hydrogen-bond donors (Lipinski definition) is 1. The second-order valence-corrected chi connectivity index (χ2v) is 3.23. The molecule has 0 aliphatic rings. The molecular weight excluding hydrogens is 192 g/mol. The largest absolute Gasteiger partial charge is 0.504 e. The van der Waals surface area contributed by atoms with Crippen LogP contribution in [0.15, 0.2) is 30.5 Å².